The van der Waals surface area contributed by atoms with Crippen LogP contribution in [0.5, 0.6) is 0 Å². The molecule has 0 saturated carbocycles. The lowest BCUT2D eigenvalue weighted by Gasteiger charge is -2.06. The van der Waals surface area contributed by atoms with Crippen molar-refractivity contribution in [2.45, 2.75) is 38.8 Å². The van der Waals surface area contributed by atoms with Gasteiger partial charge < -0.3 is 16.8 Å². The van der Waals surface area contributed by atoms with Crippen molar-refractivity contribution in [2.24, 2.45) is 11.5 Å². The SMILES string of the molecule is CC(N)NCCCCCCN. The summed E-state index contributed by atoms with van der Waals surface area (Å²) in [5.41, 5.74) is 10.9. The topological polar surface area (TPSA) is 64.1 Å². The second-order valence-electron chi connectivity index (χ2n) is 2.95. The molecule has 0 spiro atoms. The van der Waals surface area contributed by atoms with Gasteiger partial charge in [0.2, 0.25) is 0 Å². The van der Waals surface area contributed by atoms with Gasteiger partial charge in [0.1, 0.15) is 0 Å². The van der Waals surface area contributed by atoms with Gasteiger partial charge >= 0.3 is 0 Å². The third-order valence-corrected chi connectivity index (χ3v) is 1.60. The molecule has 5 N–H and O–H groups in total. The number of hydrogen-bond donors (Lipinski definition) is 3. The summed E-state index contributed by atoms with van der Waals surface area (Å²) in [5.74, 6) is 0. The van der Waals surface area contributed by atoms with E-state index in [-0.39, 0.29) is 6.17 Å². The standard InChI is InChI=1S/C8H21N3/c1-8(10)11-7-5-3-2-4-6-9/h8,11H,2-7,9-10H2,1H3. The average molecular weight is 159 g/mol. The molecule has 68 valence electrons. The Balaban J connectivity index is 2.80. The third kappa shape index (κ3) is 9.88. The van der Waals surface area contributed by atoms with E-state index in [1.807, 2.05) is 6.92 Å². The maximum Gasteiger partial charge on any atom is 0.0517 e. The first-order valence-electron chi connectivity index (χ1n) is 4.46. The Morgan fingerprint density at radius 3 is 2.36 bits per heavy atom. The minimum atomic E-state index is 0.129. The van der Waals surface area contributed by atoms with Crippen molar-refractivity contribution in [1.29, 1.82) is 0 Å². The molecule has 0 radical (unpaired) electrons. The second kappa shape index (κ2) is 7.98. The van der Waals surface area contributed by atoms with Crippen LogP contribution in [0.25, 0.3) is 0 Å². The Hall–Kier alpha value is -0.120. The first kappa shape index (κ1) is 10.9. The summed E-state index contributed by atoms with van der Waals surface area (Å²) in [7, 11) is 0. The van der Waals surface area contributed by atoms with Crippen molar-refractivity contribution in [3.63, 3.8) is 0 Å². The molecule has 0 aromatic carbocycles. The Kier molecular flexibility index (Phi) is 7.89. The summed E-state index contributed by atoms with van der Waals surface area (Å²) in [5, 5.41) is 3.17. The number of nitrogens with two attached hydrogens (primary N) is 2. The lowest BCUT2D eigenvalue weighted by Crippen LogP contribution is -2.34. The number of nitrogens with one attached hydrogen (secondary N) is 1. The van der Waals surface area contributed by atoms with Crippen LogP contribution in [0.2, 0.25) is 0 Å². The molecule has 1 atom stereocenters. The van der Waals surface area contributed by atoms with E-state index in [0.29, 0.717) is 0 Å². The zero-order chi connectivity index (χ0) is 8.53. The summed E-state index contributed by atoms with van der Waals surface area (Å²) in [6, 6.07) is 0. The van der Waals surface area contributed by atoms with E-state index in [1.54, 1.807) is 0 Å². The third-order valence-electron chi connectivity index (χ3n) is 1.60. The first-order valence-corrected chi connectivity index (χ1v) is 4.46. The maximum atomic E-state index is 5.50. The van der Waals surface area contributed by atoms with E-state index in [9.17, 15) is 0 Å². The van der Waals surface area contributed by atoms with E-state index in [1.165, 1.54) is 19.3 Å². The van der Waals surface area contributed by atoms with Crippen LogP contribution in [0.15, 0.2) is 0 Å². The molecular weight excluding hydrogens is 138 g/mol. The predicted octanol–water partition coefficient (Wildman–Crippen LogP) is 0.400. The summed E-state index contributed by atoms with van der Waals surface area (Å²) >= 11 is 0. The average Bonchev–Trinajstić information content (AvgIpc) is 1.96. The van der Waals surface area contributed by atoms with Gasteiger partial charge in [-0.15, -0.1) is 0 Å². The highest BCUT2D eigenvalue weighted by atomic mass is 15.0. The van der Waals surface area contributed by atoms with E-state index in [2.05, 4.69) is 5.32 Å². The van der Waals surface area contributed by atoms with Gasteiger partial charge in [-0.1, -0.05) is 12.8 Å². The van der Waals surface area contributed by atoms with Crippen LogP contribution in [0.3, 0.4) is 0 Å². The monoisotopic (exact) mass is 159 g/mol. The lowest BCUT2D eigenvalue weighted by molar-refractivity contribution is 0.530. The van der Waals surface area contributed by atoms with Crippen LogP contribution in [0.1, 0.15) is 32.6 Å². The molecule has 0 aliphatic rings. The smallest absolute Gasteiger partial charge is 0.0517 e. The van der Waals surface area contributed by atoms with Crippen LogP contribution in [-0.2, 0) is 0 Å². The van der Waals surface area contributed by atoms with Crippen LogP contribution in [0.4, 0.5) is 0 Å². The molecule has 0 saturated heterocycles. The molecule has 3 heteroatoms. The zero-order valence-corrected chi connectivity index (χ0v) is 7.47. The van der Waals surface area contributed by atoms with Crippen LogP contribution in [-0.4, -0.2) is 19.3 Å². The van der Waals surface area contributed by atoms with Gasteiger partial charge in [0, 0.05) is 0 Å². The van der Waals surface area contributed by atoms with Gasteiger partial charge in [-0.2, -0.15) is 0 Å². The molecule has 0 fully saturated rings. The highest BCUT2D eigenvalue weighted by Gasteiger charge is 1.91. The normalized spacial score (nSPS) is 13.4. The quantitative estimate of drug-likeness (QED) is 0.372. The molecule has 11 heavy (non-hydrogen) atoms. The fourth-order valence-corrected chi connectivity index (χ4v) is 0.953. The van der Waals surface area contributed by atoms with Crippen molar-refractivity contribution in [1.82, 2.24) is 5.32 Å². The highest BCUT2D eigenvalue weighted by Crippen LogP contribution is 1.96. The van der Waals surface area contributed by atoms with Crippen LogP contribution in [0, 0.1) is 0 Å². The molecule has 1 unspecified atom stereocenters. The van der Waals surface area contributed by atoms with Crippen molar-refractivity contribution in [3.05, 3.63) is 0 Å². The van der Waals surface area contributed by atoms with E-state index >= 15 is 0 Å². The molecule has 0 aliphatic heterocycles. The largest absolute Gasteiger partial charge is 0.330 e. The summed E-state index contributed by atoms with van der Waals surface area (Å²) in [6.07, 6.45) is 5.00. The molecule has 0 amide bonds. The maximum absolute atomic E-state index is 5.50. The number of unbranched alkanes of at least 4 members (excludes halogenated alkanes) is 3. The zero-order valence-electron chi connectivity index (χ0n) is 7.47. The Labute approximate surface area is 69.5 Å². The number of rotatable bonds is 7. The summed E-state index contributed by atoms with van der Waals surface area (Å²) in [6.45, 7) is 3.81. The van der Waals surface area contributed by atoms with Crippen molar-refractivity contribution >= 4 is 0 Å². The highest BCUT2D eigenvalue weighted by molar-refractivity contribution is 4.51. The predicted molar refractivity (Wildman–Crippen MR) is 49.2 cm³/mol. The minimum Gasteiger partial charge on any atom is -0.330 e. The molecule has 3 nitrogen and oxygen atoms in total. The summed E-state index contributed by atoms with van der Waals surface area (Å²) < 4.78 is 0. The second-order valence-corrected chi connectivity index (χ2v) is 2.95. The van der Waals surface area contributed by atoms with Gasteiger partial charge in [0.05, 0.1) is 6.17 Å². The Bertz CT molecular complexity index is 73.7. The number of hydrogen-bond acceptors (Lipinski definition) is 3. The van der Waals surface area contributed by atoms with Gasteiger partial charge in [0.15, 0.2) is 0 Å². The molecule has 0 rings (SSSR count). The minimum absolute atomic E-state index is 0.129. The molecule has 0 aromatic rings. The van der Waals surface area contributed by atoms with Gasteiger partial charge in [-0.3, -0.25) is 0 Å². The molecule has 0 aromatic heterocycles. The molecule has 0 aliphatic carbocycles. The van der Waals surface area contributed by atoms with Crippen molar-refractivity contribution in [2.75, 3.05) is 13.1 Å². The Morgan fingerprint density at radius 1 is 1.18 bits per heavy atom. The first-order chi connectivity index (χ1) is 5.27. The lowest BCUT2D eigenvalue weighted by atomic mass is 10.2. The van der Waals surface area contributed by atoms with E-state index in [0.717, 1.165) is 19.5 Å². The van der Waals surface area contributed by atoms with Gasteiger partial charge in [0.25, 0.3) is 0 Å². The molecule has 0 bridgehead atoms. The van der Waals surface area contributed by atoms with E-state index < -0.39 is 0 Å². The van der Waals surface area contributed by atoms with Crippen molar-refractivity contribution in [3.8, 4) is 0 Å². The van der Waals surface area contributed by atoms with Gasteiger partial charge in [-0.05, 0) is 32.9 Å². The Morgan fingerprint density at radius 2 is 1.82 bits per heavy atom. The summed E-state index contributed by atoms with van der Waals surface area (Å²) in [4.78, 5) is 0. The van der Waals surface area contributed by atoms with Crippen LogP contribution < -0.4 is 16.8 Å². The fraction of sp³-hybridized carbons (Fsp3) is 1.00. The van der Waals surface area contributed by atoms with Crippen molar-refractivity contribution < 1.29 is 0 Å². The fourth-order valence-electron chi connectivity index (χ4n) is 0.953. The van der Waals surface area contributed by atoms with Gasteiger partial charge in [-0.25, -0.2) is 0 Å². The van der Waals surface area contributed by atoms with E-state index in [4.69, 9.17) is 11.5 Å². The molecule has 0 heterocycles. The molecular formula is C8H21N3. The van der Waals surface area contributed by atoms with Crippen LogP contribution >= 0.6 is 0 Å².